The van der Waals surface area contributed by atoms with Crippen LogP contribution < -0.4 is 5.32 Å². The quantitative estimate of drug-likeness (QED) is 0.867. The molecule has 1 unspecified atom stereocenters. The molecule has 1 aromatic rings. The van der Waals surface area contributed by atoms with Gasteiger partial charge in [0.1, 0.15) is 0 Å². The van der Waals surface area contributed by atoms with Gasteiger partial charge in [0.05, 0.1) is 11.7 Å². The fraction of sp³-hybridized carbons (Fsp3) is 0.455. The van der Waals surface area contributed by atoms with Crippen molar-refractivity contribution < 1.29 is 9.90 Å². The van der Waals surface area contributed by atoms with Crippen molar-refractivity contribution in [1.29, 1.82) is 0 Å². The first-order valence-corrected chi connectivity index (χ1v) is 5.99. The Morgan fingerprint density at radius 1 is 1.62 bits per heavy atom. The van der Waals surface area contributed by atoms with Crippen LogP contribution in [0, 0.1) is 0 Å². The summed E-state index contributed by atoms with van der Waals surface area (Å²) in [6.45, 7) is 2.27. The Labute approximate surface area is 103 Å². The molecule has 0 radical (unpaired) electrons. The highest BCUT2D eigenvalue weighted by Gasteiger charge is 2.08. The molecule has 1 atom stereocenters. The monoisotopic (exact) mass is 286 g/mol. The van der Waals surface area contributed by atoms with Crippen LogP contribution in [0.15, 0.2) is 22.9 Å². The molecule has 0 saturated carbocycles. The SMILES string of the molecule is CCCC(O)CNC(=O)c1cncc(Br)c1. The minimum atomic E-state index is -0.478. The van der Waals surface area contributed by atoms with Crippen molar-refractivity contribution >= 4 is 21.8 Å². The van der Waals surface area contributed by atoms with Gasteiger partial charge in [0.25, 0.3) is 5.91 Å². The number of pyridine rings is 1. The molecule has 0 aliphatic carbocycles. The van der Waals surface area contributed by atoms with E-state index in [0.29, 0.717) is 12.0 Å². The van der Waals surface area contributed by atoms with Crippen molar-refractivity contribution in [3.63, 3.8) is 0 Å². The lowest BCUT2D eigenvalue weighted by Gasteiger charge is -2.10. The maximum Gasteiger partial charge on any atom is 0.252 e. The highest BCUT2D eigenvalue weighted by molar-refractivity contribution is 9.10. The van der Waals surface area contributed by atoms with E-state index in [2.05, 4.69) is 26.2 Å². The molecule has 0 saturated heterocycles. The minimum absolute atomic E-state index is 0.219. The van der Waals surface area contributed by atoms with Gasteiger partial charge in [-0.1, -0.05) is 13.3 Å². The van der Waals surface area contributed by atoms with Crippen LogP contribution in [0.5, 0.6) is 0 Å². The summed E-state index contributed by atoms with van der Waals surface area (Å²) in [4.78, 5) is 15.5. The number of halogens is 1. The summed E-state index contributed by atoms with van der Waals surface area (Å²) < 4.78 is 0.759. The molecule has 0 aliphatic rings. The average Bonchev–Trinajstić information content (AvgIpc) is 2.26. The number of aliphatic hydroxyl groups excluding tert-OH is 1. The molecule has 5 heteroatoms. The topological polar surface area (TPSA) is 62.2 Å². The van der Waals surface area contributed by atoms with Crippen LogP contribution in [-0.4, -0.2) is 28.6 Å². The Morgan fingerprint density at radius 2 is 2.38 bits per heavy atom. The predicted molar refractivity (Wildman–Crippen MR) is 65.2 cm³/mol. The van der Waals surface area contributed by atoms with E-state index in [4.69, 9.17) is 0 Å². The molecule has 1 heterocycles. The van der Waals surface area contributed by atoms with Crippen LogP contribution in [-0.2, 0) is 0 Å². The molecule has 1 aromatic heterocycles. The van der Waals surface area contributed by atoms with Crippen molar-refractivity contribution in [2.45, 2.75) is 25.9 Å². The molecule has 0 spiro atoms. The van der Waals surface area contributed by atoms with Gasteiger partial charge in [-0.3, -0.25) is 9.78 Å². The van der Waals surface area contributed by atoms with E-state index in [1.165, 1.54) is 6.20 Å². The molecule has 1 amide bonds. The first-order chi connectivity index (χ1) is 7.63. The number of carbonyl (C=O) groups excluding carboxylic acids is 1. The normalized spacial score (nSPS) is 12.2. The Kier molecular flexibility index (Phi) is 5.42. The molecule has 2 N–H and O–H groups in total. The lowest BCUT2D eigenvalue weighted by molar-refractivity contribution is 0.0909. The number of nitrogens with one attached hydrogen (secondary N) is 1. The number of nitrogens with zero attached hydrogens (tertiary/aromatic N) is 1. The number of hydrogen-bond donors (Lipinski definition) is 2. The van der Waals surface area contributed by atoms with E-state index in [1.807, 2.05) is 6.92 Å². The Morgan fingerprint density at radius 3 is 3.00 bits per heavy atom. The molecule has 4 nitrogen and oxygen atoms in total. The van der Waals surface area contributed by atoms with Gasteiger partial charge in [-0.05, 0) is 28.4 Å². The van der Waals surface area contributed by atoms with Gasteiger partial charge in [0, 0.05) is 23.4 Å². The van der Waals surface area contributed by atoms with Crippen LogP contribution in [0.2, 0.25) is 0 Å². The third-order valence-electron chi connectivity index (χ3n) is 2.09. The number of carbonyl (C=O) groups is 1. The van der Waals surface area contributed by atoms with Gasteiger partial charge < -0.3 is 10.4 Å². The van der Waals surface area contributed by atoms with Crippen molar-refractivity contribution in [1.82, 2.24) is 10.3 Å². The van der Waals surface area contributed by atoms with Gasteiger partial charge in [0.2, 0.25) is 0 Å². The van der Waals surface area contributed by atoms with Crippen LogP contribution in [0.1, 0.15) is 30.1 Å². The Balaban J connectivity index is 2.47. The largest absolute Gasteiger partial charge is 0.391 e. The molecular formula is C11H15BrN2O2. The second-order valence-electron chi connectivity index (χ2n) is 3.54. The van der Waals surface area contributed by atoms with E-state index in [-0.39, 0.29) is 12.5 Å². The molecule has 0 bridgehead atoms. The van der Waals surface area contributed by atoms with Crippen molar-refractivity contribution in [3.8, 4) is 0 Å². The fourth-order valence-electron chi connectivity index (χ4n) is 1.28. The predicted octanol–water partition coefficient (Wildman–Crippen LogP) is 1.73. The zero-order chi connectivity index (χ0) is 12.0. The maximum absolute atomic E-state index is 11.6. The van der Waals surface area contributed by atoms with Crippen LogP contribution in [0.3, 0.4) is 0 Å². The lowest BCUT2D eigenvalue weighted by atomic mass is 10.2. The van der Waals surface area contributed by atoms with E-state index < -0.39 is 6.10 Å². The second kappa shape index (κ2) is 6.60. The highest BCUT2D eigenvalue weighted by Crippen LogP contribution is 2.09. The van der Waals surface area contributed by atoms with Crippen molar-refractivity contribution in [3.05, 3.63) is 28.5 Å². The minimum Gasteiger partial charge on any atom is -0.391 e. The van der Waals surface area contributed by atoms with Gasteiger partial charge in [0.15, 0.2) is 0 Å². The van der Waals surface area contributed by atoms with Crippen LogP contribution >= 0.6 is 15.9 Å². The summed E-state index contributed by atoms with van der Waals surface area (Å²) in [7, 11) is 0. The zero-order valence-electron chi connectivity index (χ0n) is 9.11. The summed E-state index contributed by atoms with van der Waals surface area (Å²) in [5.41, 5.74) is 0.484. The standard InChI is InChI=1S/C11H15BrN2O2/c1-2-3-10(15)7-14-11(16)8-4-9(12)6-13-5-8/h4-6,10,15H,2-3,7H2,1H3,(H,14,16). The molecule has 0 aliphatic heterocycles. The fourth-order valence-corrected chi connectivity index (χ4v) is 1.65. The van der Waals surface area contributed by atoms with E-state index >= 15 is 0 Å². The van der Waals surface area contributed by atoms with Gasteiger partial charge in [-0.15, -0.1) is 0 Å². The van der Waals surface area contributed by atoms with E-state index in [9.17, 15) is 9.90 Å². The van der Waals surface area contributed by atoms with E-state index in [0.717, 1.165) is 10.9 Å². The summed E-state index contributed by atoms with van der Waals surface area (Å²) in [5.74, 6) is -0.219. The molecule has 16 heavy (non-hydrogen) atoms. The molecule has 0 aromatic carbocycles. The molecule has 1 rings (SSSR count). The Hall–Kier alpha value is -0.940. The first-order valence-electron chi connectivity index (χ1n) is 5.20. The van der Waals surface area contributed by atoms with Crippen molar-refractivity contribution in [2.75, 3.05) is 6.54 Å². The second-order valence-corrected chi connectivity index (χ2v) is 4.46. The van der Waals surface area contributed by atoms with Crippen LogP contribution in [0.4, 0.5) is 0 Å². The number of aromatic nitrogens is 1. The first kappa shape index (κ1) is 13.1. The Bertz CT molecular complexity index is 358. The average molecular weight is 287 g/mol. The number of hydrogen-bond acceptors (Lipinski definition) is 3. The third-order valence-corrected chi connectivity index (χ3v) is 2.52. The third kappa shape index (κ3) is 4.28. The summed E-state index contributed by atoms with van der Waals surface area (Å²) in [6, 6.07) is 1.69. The number of amides is 1. The van der Waals surface area contributed by atoms with Crippen molar-refractivity contribution in [2.24, 2.45) is 0 Å². The summed E-state index contributed by atoms with van der Waals surface area (Å²) in [5, 5.41) is 12.1. The van der Waals surface area contributed by atoms with Crippen LogP contribution in [0.25, 0.3) is 0 Å². The van der Waals surface area contributed by atoms with Gasteiger partial charge >= 0.3 is 0 Å². The zero-order valence-corrected chi connectivity index (χ0v) is 10.7. The van der Waals surface area contributed by atoms with E-state index in [1.54, 1.807) is 12.3 Å². The number of rotatable bonds is 5. The smallest absolute Gasteiger partial charge is 0.252 e. The molecule has 88 valence electrons. The van der Waals surface area contributed by atoms with Gasteiger partial charge in [-0.2, -0.15) is 0 Å². The lowest BCUT2D eigenvalue weighted by Crippen LogP contribution is -2.32. The number of aliphatic hydroxyl groups is 1. The summed E-state index contributed by atoms with van der Waals surface area (Å²) >= 11 is 3.24. The molecular weight excluding hydrogens is 272 g/mol. The summed E-state index contributed by atoms with van der Waals surface area (Å²) in [6.07, 6.45) is 4.22. The van der Waals surface area contributed by atoms with Gasteiger partial charge in [-0.25, -0.2) is 0 Å². The highest BCUT2D eigenvalue weighted by atomic mass is 79.9. The molecule has 0 fully saturated rings. The maximum atomic E-state index is 11.6.